The van der Waals surface area contributed by atoms with Gasteiger partial charge in [-0.05, 0) is 157 Å². The number of Topliss-reactive ketones (excluding diaryl/α,β-unsaturated/α-hetero) is 1. The Morgan fingerprint density at radius 2 is 0.955 bits per heavy atom. The van der Waals surface area contributed by atoms with E-state index in [9.17, 15) is 24.3 Å². The lowest BCUT2D eigenvalue weighted by Crippen LogP contribution is -2.14. The molecule has 10 atom stereocenters. The molecule has 5 rings (SSSR count). The summed E-state index contributed by atoms with van der Waals surface area (Å²) >= 11 is 0. The highest BCUT2D eigenvalue weighted by Crippen LogP contribution is 2.32. The lowest BCUT2D eigenvalue weighted by Gasteiger charge is -2.19. The minimum absolute atomic E-state index is 0.0160. The molecule has 5 heteroatoms. The van der Waals surface area contributed by atoms with Gasteiger partial charge in [0.25, 0.3) is 0 Å². The Morgan fingerprint density at radius 1 is 0.493 bits per heavy atom. The maximum absolute atomic E-state index is 11.5. The number of carbonyl (C=O) groups is 4. The highest BCUT2D eigenvalue weighted by molar-refractivity contribution is 5.92. The van der Waals surface area contributed by atoms with Gasteiger partial charge in [-0.25, -0.2) is 0 Å². The number of allylic oxidation sites excluding steroid dienone is 6. The number of aliphatic hydroxyl groups is 1. The Bertz CT molecular complexity index is 1450. The van der Waals surface area contributed by atoms with Gasteiger partial charge in [0.2, 0.25) is 0 Å². The smallest absolute Gasteiger partial charge is 0.155 e. The van der Waals surface area contributed by atoms with E-state index in [1.807, 2.05) is 13.0 Å². The molecule has 0 heterocycles. The lowest BCUT2D eigenvalue weighted by molar-refractivity contribution is -0.121. The normalized spacial score (nSPS) is 25.6. The van der Waals surface area contributed by atoms with Gasteiger partial charge in [-0.2, -0.15) is 0 Å². The molecule has 5 aliphatic rings. The van der Waals surface area contributed by atoms with E-state index in [1.165, 1.54) is 139 Å². The van der Waals surface area contributed by atoms with Crippen molar-refractivity contribution in [2.75, 3.05) is 0 Å². The molecule has 2 fully saturated rings. The molecule has 2 saturated carbocycles. The van der Waals surface area contributed by atoms with E-state index in [1.54, 1.807) is 12.2 Å². The van der Waals surface area contributed by atoms with Gasteiger partial charge >= 0.3 is 0 Å². The Hall–Kier alpha value is -2.14. The lowest BCUT2D eigenvalue weighted by atomic mass is 9.85. The molecule has 0 amide bonds. The molecule has 5 nitrogen and oxygen atoms in total. The van der Waals surface area contributed by atoms with Crippen molar-refractivity contribution < 1.29 is 24.3 Å². The van der Waals surface area contributed by atoms with Gasteiger partial charge in [0.1, 0.15) is 5.78 Å². The molecule has 0 aromatic rings. The summed E-state index contributed by atoms with van der Waals surface area (Å²) in [5, 5.41) is 9.78. The summed E-state index contributed by atoms with van der Waals surface area (Å²) in [5.41, 5.74) is 3.79. The van der Waals surface area contributed by atoms with Crippen LogP contribution < -0.4 is 0 Å². The quantitative estimate of drug-likeness (QED) is 0.117. The fraction of sp³-hybridized carbons (Fsp3) is 0.839. The largest absolute Gasteiger partial charge is 0.393 e. The molecule has 10 unspecified atom stereocenters. The molecule has 388 valence electrons. The summed E-state index contributed by atoms with van der Waals surface area (Å²) in [4.78, 5) is 44.7. The number of rotatable bonds is 22. The first-order chi connectivity index (χ1) is 31.9. The summed E-state index contributed by atoms with van der Waals surface area (Å²) in [6, 6.07) is 0. The average molecular weight is 936 g/mol. The van der Waals surface area contributed by atoms with Crippen LogP contribution in [0.15, 0.2) is 34.9 Å². The zero-order valence-corrected chi connectivity index (χ0v) is 46.3. The third kappa shape index (κ3) is 30.9. The van der Waals surface area contributed by atoms with Gasteiger partial charge in [0.15, 0.2) is 17.3 Å². The van der Waals surface area contributed by atoms with Crippen LogP contribution in [-0.2, 0) is 19.2 Å². The second kappa shape index (κ2) is 37.7. The van der Waals surface area contributed by atoms with Crippen LogP contribution >= 0.6 is 0 Å². The predicted molar refractivity (Wildman–Crippen MR) is 288 cm³/mol. The zero-order valence-electron chi connectivity index (χ0n) is 46.3. The Balaban J connectivity index is 0.000000425. The first kappa shape index (κ1) is 62.9. The molecule has 0 radical (unpaired) electrons. The number of hydrogen-bond donors (Lipinski definition) is 1. The summed E-state index contributed by atoms with van der Waals surface area (Å²) < 4.78 is 0. The van der Waals surface area contributed by atoms with E-state index in [4.69, 9.17) is 0 Å². The minimum atomic E-state index is 0.0160. The molecule has 1 N–H and O–H groups in total. The van der Waals surface area contributed by atoms with Gasteiger partial charge in [-0.1, -0.05) is 175 Å². The van der Waals surface area contributed by atoms with Crippen molar-refractivity contribution in [3.63, 3.8) is 0 Å². The van der Waals surface area contributed by atoms with Crippen LogP contribution in [0.25, 0.3) is 0 Å². The van der Waals surface area contributed by atoms with Crippen molar-refractivity contribution in [2.45, 2.75) is 282 Å². The maximum Gasteiger partial charge on any atom is 0.155 e. The molecule has 0 bridgehead atoms. The van der Waals surface area contributed by atoms with Crippen molar-refractivity contribution >= 4 is 23.1 Å². The van der Waals surface area contributed by atoms with Gasteiger partial charge in [0.05, 0.1) is 6.10 Å². The molecule has 67 heavy (non-hydrogen) atoms. The van der Waals surface area contributed by atoms with Crippen LogP contribution in [0, 0.1) is 53.3 Å². The Labute approximate surface area is 415 Å². The van der Waals surface area contributed by atoms with Crippen LogP contribution in [0.3, 0.4) is 0 Å². The molecular formula is C62H110O5. The van der Waals surface area contributed by atoms with E-state index < -0.39 is 0 Å². The molecule has 0 saturated heterocycles. The van der Waals surface area contributed by atoms with E-state index in [0.717, 1.165) is 94.3 Å². The van der Waals surface area contributed by atoms with Gasteiger partial charge < -0.3 is 5.11 Å². The molecular weight excluding hydrogens is 825 g/mol. The molecule has 0 aromatic heterocycles. The van der Waals surface area contributed by atoms with Crippen molar-refractivity contribution in [3.05, 3.63) is 34.9 Å². The number of carbonyl (C=O) groups excluding carboxylic acids is 4. The SMILES string of the molecule is CCC(C)CCCC(C)CCC1CCCC1=O.CCC(C)CCCC(C)CCC1CCCC1O.CCC1CC(=O)C=C(C)C1.CCCC1CC(=O)C=C(C)C1.CCCCC1CC(=O)C=C(C)C1. The third-order valence-electron chi connectivity index (χ3n) is 16.0. The van der Waals surface area contributed by atoms with E-state index in [0.29, 0.717) is 52.7 Å². The van der Waals surface area contributed by atoms with Crippen molar-refractivity contribution in [1.29, 1.82) is 0 Å². The molecule has 0 spiro atoms. The first-order valence-electron chi connectivity index (χ1n) is 28.7. The highest BCUT2D eigenvalue weighted by Gasteiger charge is 2.26. The summed E-state index contributed by atoms with van der Waals surface area (Å²) in [7, 11) is 0. The monoisotopic (exact) mass is 935 g/mol. The van der Waals surface area contributed by atoms with E-state index in [2.05, 4.69) is 76.2 Å². The van der Waals surface area contributed by atoms with Crippen molar-refractivity contribution in [2.24, 2.45) is 53.3 Å². The fourth-order valence-corrected chi connectivity index (χ4v) is 11.1. The van der Waals surface area contributed by atoms with Gasteiger partial charge in [0, 0.05) is 31.6 Å². The predicted octanol–water partition coefficient (Wildman–Crippen LogP) is 17.9. The number of hydrogen-bond acceptors (Lipinski definition) is 5. The second-order valence-corrected chi connectivity index (χ2v) is 23.1. The number of aliphatic hydroxyl groups excluding tert-OH is 1. The zero-order chi connectivity index (χ0) is 50.1. The van der Waals surface area contributed by atoms with Crippen LogP contribution in [0.2, 0.25) is 0 Å². The molecule has 0 aliphatic heterocycles. The molecule has 0 aromatic carbocycles. The van der Waals surface area contributed by atoms with Crippen LogP contribution in [0.5, 0.6) is 0 Å². The van der Waals surface area contributed by atoms with Crippen molar-refractivity contribution in [1.82, 2.24) is 0 Å². The summed E-state index contributed by atoms with van der Waals surface area (Å²) in [6.45, 7) is 26.7. The van der Waals surface area contributed by atoms with Crippen LogP contribution in [0.1, 0.15) is 276 Å². The van der Waals surface area contributed by atoms with E-state index >= 15 is 0 Å². The van der Waals surface area contributed by atoms with Gasteiger partial charge in [-0.15, -0.1) is 0 Å². The average Bonchev–Trinajstić information content (AvgIpc) is 3.90. The third-order valence-corrected chi connectivity index (χ3v) is 16.0. The molecule has 5 aliphatic carbocycles. The summed E-state index contributed by atoms with van der Waals surface area (Å²) in [5.74, 6) is 7.91. The topological polar surface area (TPSA) is 88.5 Å². The van der Waals surface area contributed by atoms with Crippen molar-refractivity contribution in [3.8, 4) is 0 Å². The Kier molecular flexibility index (Phi) is 35.3. The number of ketones is 4. The van der Waals surface area contributed by atoms with Crippen LogP contribution in [0.4, 0.5) is 0 Å². The standard InChI is InChI=1S/C16H32O.C16H30O.C11H18O.C10H16O.C9H14O/c2*1-4-13(2)7-5-8-14(3)11-12-15-9-6-10-16(15)17;1-3-4-5-10-6-9(2)7-11(12)8-10;1-3-4-9-5-8(2)6-10(11)7-9;1-3-8-4-7(2)5-9(10)6-8/h13-17H,4-12H2,1-3H3;13-15H,4-12H2,1-3H3;7,10H,3-6,8H2,1-2H3;6,9H,3-5,7H2,1-2H3;5,8H,3-4,6H2,1-2H3. The maximum atomic E-state index is 11.5. The summed E-state index contributed by atoms with van der Waals surface area (Å²) in [6.07, 6.45) is 41.1. The first-order valence-corrected chi connectivity index (χ1v) is 28.7. The van der Waals surface area contributed by atoms with Crippen LogP contribution in [-0.4, -0.2) is 34.3 Å². The Morgan fingerprint density at radius 3 is 1.36 bits per heavy atom. The second-order valence-electron chi connectivity index (χ2n) is 23.1. The highest BCUT2D eigenvalue weighted by atomic mass is 16.3. The van der Waals surface area contributed by atoms with Gasteiger partial charge in [-0.3, -0.25) is 19.2 Å². The van der Waals surface area contributed by atoms with E-state index in [-0.39, 0.29) is 6.10 Å². The minimum Gasteiger partial charge on any atom is -0.393 e. The number of unbranched alkanes of at least 4 members (excludes halogenated alkanes) is 1. The fourth-order valence-electron chi connectivity index (χ4n) is 11.1.